The molecule has 2 unspecified atom stereocenters. The van der Waals surface area contributed by atoms with E-state index in [0.717, 1.165) is 53.3 Å². The molecule has 7 heteroatoms. The Kier molecular flexibility index (Phi) is 6.96. The number of ether oxygens (including phenoxy) is 1. The lowest BCUT2D eigenvalue weighted by atomic mass is 9.93. The molecule has 3 aromatic heterocycles. The van der Waals surface area contributed by atoms with Crippen LogP contribution >= 0.6 is 22.7 Å². The number of nitrogens with zero attached hydrogens (tertiary/aromatic N) is 2. The normalized spacial score (nSPS) is 21.4. The van der Waals surface area contributed by atoms with Crippen LogP contribution in [0.2, 0.25) is 0 Å². The molecule has 1 N–H and O–H groups in total. The molecule has 1 saturated heterocycles. The Morgan fingerprint density at radius 2 is 1.81 bits per heavy atom. The summed E-state index contributed by atoms with van der Waals surface area (Å²) in [7, 11) is 2.24. The number of hydrogen-bond donors (Lipinski definition) is 1. The zero-order valence-corrected chi connectivity index (χ0v) is 19.6. The number of aryl methyl sites for hydroxylation is 1. The number of likely N-dealkylation sites (tertiary alicyclic amines) is 1. The maximum absolute atomic E-state index is 13.2. The van der Waals surface area contributed by atoms with Gasteiger partial charge >= 0.3 is 5.97 Å². The van der Waals surface area contributed by atoms with Crippen molar-refractivity contribution in [3.05, 3.63) is 69.3 Å². The van der Waals surface area contributed by atoms with Crippen molar-refractivity contribution >= 4 is 28.6 Å². The third-order valence-corrected chi connectivity index (χ3v) is 7.92. The molecule has 0 amide bonds. The second kappa shape index (κ2) is 9.69. The molecule has 31 heavy (non-hydrogen) atoms. The average molecular weight is 460 g/mol. The zero-order valence-electron chi connectivity index (χ0n) is 18.0. The fourth-order valence-electron chi connectivity index (χ4n) is 4.45. The lowest BCUT2D eigenvalue weighted by Gasteiger charge is -2.30. The second-order valence-electron chi connectivity index (χ2n) is 8.88. The fourth-order valence-corrected chi connectivity index (χ4v) is 6.08. The molecular weight excluding hydrogens is 428 g/mol. The Labute approximate surface area is 192 Å². The molecule has 1 aliphatic rings. The minimum atomic E-state index is -1.53. The van der Waals surface area contributed by atoms with Gasteiger partial charge in [0.2, 0.25) is 0 Å². The molecule has 3 aromatic rings. The van der Waals surface area contributed by atoms with E-state index >= 15 is 0 Å². The third kappa shape index (κ3) is 5.86. The molecule has 1 fully saturated rings. The molecule has 0 aliphatic carbocycles. The van der Waals surface area contributed by atoms with Gasteiger partial charge < -0.3 is 18.9 Å². The van der Waals surface area contributed by atoms with Crippen LogP contribution in [-0.2, 0) is 28.9 Å². The van der Waals surface area contributed by atoms with Gasteiger partial charge in [0, 0.05) is 54.4 Å². The summed E-state index contributed by atoms with van der Waals surface area (Å²) in [6.45, 7) is 3.87. The Hall–Kier alpha value is -1.93. The molecule has 5 nitrogen and oxygen atoms in total. The van der Waals surface area contributed by atoms with Gasteiger partial charge in [0.1, 0.15) is 6.54 Å². The van der Waals surface area contributed by atoms with E-state index < -0.39 is 11.6 Å². The maximum Gasteiger partial charge on any atom is 0.339 e. The zero-order chi connectivity index (χ0) is 21.7. The van der Waals surface area contributed by atoms with Gasteiger partial charge in [0.15, 0.2) is 11.7 Å². The number of esters is 1. The summed E-state index contributed by atoms with van der Waals surface area (Å²) >= 11 is 3.12. The summed E-state index contributed by atoms with van der Waals surface area (Å²) in [5, 5.41) is 15.3. The quantitative estimate of drug-likeness (QED) is 0.369. The van der Waals surface area contributed by atoms with Gasteiger partial charge in [-0.1, -0.05) is 12.1 Å². The average Bonchev–Trinajstić information content (AvgIpc) is 3.51. The monoisotopic (exact) mass is 459 g/mol. The lowest BCUT2D eigenvalue weighted by molar-refractivity contribution is -0.899. The van der Waals surface area contributed by atoms with Crippen LogP contribution in [0.1, 0.15) is 22.6 Å². The predicted octanol–water partition coefficient (Wildman–Crippen LogP) is 3.98. The van der Waals surface area contributed by atoms with Crippen molar-refractivity contribution in [2.75, 3.05) is 26.7 Å². The first-order chi connectivity index (χ1) is 14.9. The van der Waals surface area contributed by atoms with Crippen LogP contribution in [0.5, 0.6) is 0 Å². The molecule has 2 atom stereocenters. The molecule has 4 rings (SSSR count). The third-order valence-electron chi connectivity index (χ3n) is 6.16. The smallest absolute Gasteiger partial charge is 0.339 e. The van der Waals surface area contributed by atoms with Crippen LogP contribution in [-0.4, -0.2) is 58.5 Å². The largest absolute Gasteiger partial charge is 0.454 e. The van der Waals surface area contributed by atoms with Crippen LogP contribution in [0.25, 0.3) is 0 Å². The van der Waals surface area contributed by atoms with Crippen molar-refractivity contribution in [3.63, 3.8) is 0 Å². The highest BCUT2D eigenvalue weighted by atomic mass is 32.1. The van der Waals surface area contributed by atoms with E-state index in [2.05, 4.69) is 36.1 Å². The van der Waals surface area contributed by atoms with Crippen molar-refractivity contribution in [3.8, 4) is 0 Å². The Bertz CT molecular complexity index is 902. The van der Waals surface area contributed by atoms with E-state index in [0.29, 0.717) is 0 Å². The van der Waals surface area contributed by atoms with Gasteiger partial charge in [-0.05, 0) is 35.0 Å². The molecule has 166 valence electrons. The van der Waals surface area contributed by atoms with Crippen LogP contribution in [0.3, 0.4) is 0 Å². The number of rotatable bonds is 10. The van der Waals surface area contributed by atoms with Gasteiger partial charge in [-0.15, -0.1) is 22.7 Å². The summed E-state index contributed by atoms with van der Waals surface area (Å²) < 4.78 is 9.03. The second-order valence-corrected chi connectivity index (χ2v) is 10.9. The number of likely N-dealkylation sites (N-methyl/N-ethyl adjacent to an activating group) is 1. The highest BCUT2D eigenvalue weighted by Gasteiger charge is 2.43. The van der Waals surface area contributed by atoms with E-state index in [4.69, 9.17) is 4.74 Å². The van der Waals surface area contributed by atoms with E-state index in [-0.39, 0.29) is 18.9 Å². The van der Waals surface area contributed by atoms with Crippen LogP contribution in [0, 0.1) is 0 Å². The standard InChI is InChI=1S/C24H31N2O3S2/c1-26(13-6-12-25-10-2-3-11-25)14-9-20(19-26)29-23(27)24(28,17-21-7-4-15-30-21)18-22-8-5-16-31-22/h2-5,7-8,10-11,15-16,20,28H,6,9,12-14,17-19H2,1H3/q+1. The van der Waals surface area contributed by atoms with Crippen LogP contribution in [0.4, 0.5) is 0 Å². The number of aromatic nitrogens is 1. The number of quaternary nitrogens is 1. The highest BCUT2D eigenvalue weighted by molar-refractivity contribution is 7.10. The Morgan fingerprint density at radius 3 is 2.39 bits per heavy atom. The minimum absolute atomic E-state index is 0.137. The SMILES string of the molecule is C[N+]1(CCCn2cccc2)CCC(OC(=O)C(O)(Cc2cccs2)Cc2cccs2)C1. The molecule has 1 aliphatic heterocycles. The Balaban J connectivity index is 1.35. The molecule has 0 spiro atoms. The van der Waals surface area contributed by atoms with E-state index in [9.17, 15) is 9.90 Å². The van der Waals surface area contributed by atoms with E-state index in [1.807, 2.05) is 35.0 Å². The molecule has 0 aromatic carbocycles. The van der Waals surface area contributed by atoms with Crippen molar-refractivity contribution < 1.29 is 19.1 Å². The van der Waals surface area contributed by atoms with Gasteiger partial charge in [-0.25, -0.2) is 4.79 Å². The van der Waals surface area contributed by atoms with Crippen molar-refractivity contribution in [1.29, 1.82) is 0 Å². The number of carbonyl (C=O) groups is 1. The maximum atomic E-state index is 13.2. The topological polar surface area (TPSA) is 51.5 Å². The fraction of sp³-hybridized carbons (Fsp3) is 0.458. The molecule has 4 heterocycles. The van der Waals surface area contributed by atoms with Gasteiger partial charge in [0.05, 0.1) is 20.1 Å². The molecule has 0 radical (unpaired) electrons. The summed E-state index contributed by atoms with van der Waals surface area (Å²) in [5.74, 6) is -0.486. The predicted molar refractivity (Wildman–Crippen MR) is 125 cm³/mol. The van der Waals surface area contributed by atoms with E-state index in [1.165, 1.54) is 0 Å². The first kappa shape index (κ1) is 22.3. The van der Waals surface area contributed by atoms with Crippen molar-refractivity contribution in [1.82, 2.24) is 4.57 Å². The molecular formula is C24H31N2O3S2+. The number of carbonyl (C=O) groups excluding carboxylic acids is 1. The number of hydrogen-bond acceptors (Lipinski definition) is 5. The molecule has 0 saturated carbocycles. The van der Waals surface area contributed by atoms with E-state index in [1.54, 1.807) is 22.7 Å². The van der Waals surface area contributed by atoms with Crippen molar-refractivity contribution in [2.45, 2.75) is 43.9 Å². The van der Waals surface area contributed by atoms with Gasteiger partial charge in [0.25, 0.3) is 0 Å². The highest BCUT2D eigenvalue weighted by Crippen LogP contribution is 2.28. The minimum Gasteiger partial charge on any atom is -0.454 e. The van der Waals surface area contributed by atoms with Gasteiger partial charge in [-0.3, -0.25) is 0 Å². The summed E-state index contributed by atoms with van der Waals surface area (Å²) in [6.07, 6.45) is 6.57. The van der Waals surface area contributed by atoms with Gasteiger partial charge in [-0.2, -0.15) is 0 Å². The number of thiophene rings is 2. The first-order valence-corrected chi connectivity index (χ1v) is 12.6. The van der Waals surface area contributed by atoms with Crippen LogP contribution < -0.4 is 0 Å². The van der Waals surface area contributed by atoms with Crippen LogP contribution in [0.15, 0.2) is 59.6 Å². The number of aliphatic hydroxyl groups is 1. The van der Waals surface area contributed by atoms with Crippen molar-refractivity contribution in [2.24, 2.45) is 0 Å². The first-order valence-electron chi connectivity index (χ1n) is 10.9. The lowest BCUT2D eigenvalue weighted by Crippen LogP contribution is -2.47. The summed E-state index contributed by atoms with van der Waals surface area (Å²) in [4.78, 5) is 15.2. The molecule has 0 bridgehead atoms. The summed E-state index contributed by atoms with van der Waals surface area (Å²) in [5.41, 5.74) is -1.53. The summed E-state index contributed by atoms with van der Waals surface area (Å²) in [6, 6.07) is 11.9. The Morgan fingerprint density at radius 1 is 1.16 bits per heavy atom.